The van der Waals surface area contributed by atoms with E-state index in [1.54, 1.807) is 6.08 Å². The van der Waals surface area contributed by atoms with E-state index in [1.165, 1.54) is 199 Å². The number of aliphatic hydroxyl groups is 2. The Balaban J connectivity index is 3.55. The van der Waals surface area contributed by atoms with Gasteiger partial charge in [0.2, 0.25) is 5.91 Å². The third-order valence-electron chi connectivity index (χ3n) is 12.7. The lowest BCUT2D eigenvalue weighted by Gasteiger charge is -2.19. The number of rotatable bonds is 51. The van der Waals surface area contributed by atoms with Crippen LogP contribution in [0.25, 0.3) is 0 Å². The summed E-state index contributed by atoms with van der Waals surface area (Å²) in [4.78, 5) is 24.5. The zero-order chi connectivity index (χ0) is 45.1. The van der Waals surface area contributed by atoms with Gasteiger partial charge < -0.3 is 20.3 Å². The maximum Gasteiger partial charge on any atom is 0.305 e. The highest BCUT2D eigenvalue weighted by Gasteiger charge is 2.18. The molecule has 2 atom stereocenters. The number of carbonyl (C=O) groups is 2. The van der Waals surface area contributed by atoms with Crippen LogP contribution >= 0.6 is 0 Å². The molecule has 0 rings (SSSR count). The van der Waals surface area contributed by atoms with Crippen molar-refractivity contribution in [1.82, 2.24) is 5.32 Å². The zero-order valence-corrected chi connectivity index (χ0v) is 41.6. The minimum atomic E-state index is -0.875. The number of aliphatic hydroxyl groups excluding tert-OH is 2. The lowest BCUT2D eigenvalue weighted by atomic mass is 10.0. The van der Waals surface area contributed by atoms with E-state index < -0.39 is 12.1 Å². The second kappa shape index (κ2) is 52.0. The van der Waals surface area contributed by atoms with Crippen molar-refractivity contribution in [1.29, 1.82) is 0 Å². The number of amides is 1. The van der Waals surface area contributed by atoms with Crippen LogP contribution < -0.4 is 5.32 Å². The minimum absolute atomic E-state index is 0.0342. The molecule has 0 spiro atoms. The quantitative estimate of drug-likeness (QED) is 0.0321. The Hall–Kier alpha value is -1.66. The van der Waals surface area contributed by atoms with Gasteiger partial charge in [0.05, 0.1) is 25.4 Å². The monoisotopic (exact) mass is 874 g/mol. The normalized spacial score (nSPS) is 12.8. The Kier molecular flexibility index (Phi) is 50.6. The molecular formula is C56H107NO5. The predicted octanol–water partition coefficient (Wildman–Crippen LogP) is 16.7. The molecule has 0 radical (unpaired) electrons. The summed E-state index contributed by atoms with van der Waals surface area (Å²) in [6.07, 6.45) is 62.0. The standard InChI is InChI=1S/C56H107NO5/c1-3-5-7-9-11-13-15-17-19-21-22-23-24-25-27-29-32-36-40-44-48-54(59)53(52-58)57-55(60)49-45-41-37-33-31-35-39-43-47-51-62-56(61)50-46-42-38-34-30-28-26-20-18-16-14-12-10-8-6-4-2/h33,37,44,48,53-54,58-59H,3-32,34-36,38-43,45-47,49-52H2,1-2H3,(H,57,60)/b37-33-,48-44+. The molecule has 2 unspecified atom stereocenters. The van der Waals surface area contributed by atoms with Gasteiger partial charge in [-0.25, -0.2) is 0 Å². The van der Waals surface area contributed by atoms with Crippen LogP contribution in [0.4, 0.5) is 0 Å². The molecule has 6 nitrogen and oxygen atoms in total. The summed E-state index contributed by atoms with van der Waals surface area (Å²) in [5, 5.41) is 23.1. The fourth-order valence-electron chi connectivity index (χ4n) is 8.46. The van der Waals surface area contributed by atoms with Crippen LogP contribution in [0.1, 0.15) is 296 Å². The first-order valence-corrected chi connectivity index (χ1v) is 27.6. The van der Waals surface area contributed by atoms with Crippen molar-refractivity contribution in [3.8, 4) is 0 Å². The summed E-state index contributed by atoms with van der Waals surface area (Å²) in [7, 11) is 0. The van der Waals surface area contributed by atoms with Crippen LogP contribution in [0.5, 0.6) is 0 Å². The van der Waals surface area contributed by atoms with Gasteiger partial charge in [-0.3, -0.25) is 9.59 Å². The summed E-state index contributed by atoms with van der Waals surface area (Å²) >= 11 is 0. The predicted molar refractivity (Wildman–Crippen MR) is 269 cm³/mol. The number of nitrogens with one attached hydrogen (secondary N) is 1. The van der Waals surface area contributed by atoms with Gasteiger partial charge in [0.15, 0.2) is 0 Å². The summed E-state index contributed by atoms with van der Waals surface area (Å²) in [5.74, 6) is -0.160. The third kappa shape index (κ3) is 47.8. The molecule has 0 aliphatic rings. The molecule has 0 aromatic rings. The molecule has 0 fully saturated rings. The Morgan fingerprint density at radius 1 is 0.435 bits per heavy atom. The fraction of sp³-hybridized carbons (Fsp3) is 0.893. The molecule has 0 heterocycles. The van der Waals surface area contributed by atoms with Gasteiger partial charge in [0, 0.05) is 12.8 Å². The van der Waals surface area contributed by atoms with Crippen molar-refractivity contribution in [3.63, 3.8) is 0 Å². The van der Waals surface area contributed by atoms with Crippen LogP contribution in [0.3, 0.4) is 0 Å². The van der Waals surface area contributed by atoms with E-state index in [4.69, 9.17) is 4.74 Å². The molecule has 0 aliphatic carbocycles. The summed E-state index contributed by atoms with van der Waals surface area (Å²) in [6.45, 7) is 4.83. The maximum absolute atomic E-state index is 12.4. The van der Waals surface area contributed by atoms with E-state index in [0.29, 0.717) is 19.4 Å². The molecule has 0 aromatic heterocycles. The molecule has 0 aliphatic heterocycles. The van der Waals surface area contributed by atoms with E-state index in [9.17, 15) is 19.8 Å². The summed E-state index contributed by atoms with van der Waals surface area (Å²) in [5.41, 5.74) is 0. The Morgan fingerprint density at radius 2 is 0.774 bits per heavy atom. The highest BCUT2D eigenvalue weighted by atomic mass is 16.5. The largest absolute Gasteiger partial charge is 0.466 e. The van der Waals surface area contributed by atoms with Gasteiger partial charge in [-0.1, -0.05) is 256 Å². The average Bonchev–Trinajstić information content (AvgIpc) is 3.27. The second-order valence-electron chi connectivity index (χ2n) is 18.9. The van der Waals surface area contributed by atoms with E-state index in [0.717, 1.165) is 70.6 Å². The zero-order valence-electron chi connectivity index (χ0n) is 41.6. The van der Waals surface area contributed by atoms with Gasteiger partial charge in [-0.05, 0) is 51.4 Å². The summed E-state index contributed by atoms with van der Waals surface area (Å²) in [6, 6.07) is -0.665. The third-order valence-corrected chi connectivity index (χ3v) is 12.7. The SMILES string of the molecule is CCCCCCCCCCCCCCCCCCCC/C=C/C(O)C(CO)NC(=O)CCC/C=C\CCCCCCOC(=O)CCCCCCCCCCCCCCCCCC. The number of ether oxygens (including phenoxy) is 1. The maximum atomic E-state index is 12.4. The molecule has 0 aromatic carbocycles. The van der Waals surface area contributed by atoms with E-state index in [-0.39, 0.29) is 18.5 Å². The van der Waals surface area contributed by atoms with Crippen LogP contribution in [-0.2, 0) is 14.3 Å². The highest BCUT2D eigenvalue weighted by molar-refractivity contribution is 5.76. The molecule has 0 saturated heterocycles. The first kappa shape index (κ1) is 60.3. The van der Waals surface area contributed by atoms with Gasteiger partial charge in [-0.2, -0.15) is 0 Å². The molecule has 0 bridgehead atoms. The lowest BCUT2D eigenvalue weighted by Crippen LogP contribution is -2.45. The van der Waals surface area contributed by atoms with Crippen molar-refractivity contribution >= 4 is 11.9 Å². The first-order valence-electron chi connectivity index (χ1n) is 27.6. The smallest absolute Gasteiger partial charge is 0.305 e. The fourth-order valence-corrected chi connectivity index (χ4v) is 8.46. The lowest BCUT2D eigenvalue weighted by molar-refractivity contribution is -0.143. The Bertz CT molecular complexity index is 966. The number of unbranched alkanes of at least 4 members (excludes halogenated alkanes) is 38. The number of hydrogen-bond donors (Lipinski definition) is 3. The molecule has 3 N–H and O–H groups in total. The van der Waals surface area contributed by atoms with Crippen molar-refractivity contribution in [3.05, 3.63) is 24.3 Å². The second-order valence-corrected chi connectivity index (χ2v) is 18.9. The van der Waals surface area contributed by atoms with Crippen LogP contribution in [0.15, 0.2) is 24.3 Å². The molecule has 0 saturated carbocycles. The average molecular weight is 874 g/mol. The van der Waals surface area contributed by atoms with Gasteiger partial charge in [0.1, 0.15) is 0 Å². The van der Waals surface area contributed by atoms with E-state index in [2.05, 4.69) is 31.3 Å². The van der Waals surface area contributed by atoms with Crippen molar-refractivity contribution < 1.29 is 24.5 Å². The first-order chi connectivity index (χ1) is 30.5. The van der Waals surface area contributed by atoms with Crippen molar-refractivity contribution in [2.45, 2.75) is 309 Å². The van der Waals surface area contributed by atoms with Crippen molar-refractivity contribution in [2.75, 3.05) is 13.2 Å². The molecule has 62 heavy (non-hydrogen) atoms. The Labute approximate surface area is 386 Å². The van der Waals surface area contributed by atoms with E-state index >= 15 is 0 Å². The number of allylic oxidation sites excluding steroid dienone is 3. The van der Waals surface area contributed by atoms with Crippen LogP contribution in [0, 0.1) is 0 Å². The number of carbonyl (C=O) groups excluding carboxylic acids is 2. The van der Waals surface area contributed by atoms with Gasteiger partial charge in [-0.15, -0.1) is 0 Å². The van der Waals surface area contributed by atoms with Crippen molar-refractivity contribution in [2.24, 2.45) is 0 Å². The van der Waals surface area contributed by atoms with Crippen LogP contribution in [0.2, 0.25) is 0 Å². The molecule has 6 heteroatoms. The number of esters is 1. The number of hydrogen-bond acceptors (Lipinski definition) is 5. The highest BCUT2D eigenvalue weighted by Crippen LogP contribution is 2.17. The van der Waals surface area contributed by atoms with Crippen LogP contribution in [-0.4, -0.2) is 47.4 Å². The Morgan fingerprint density at radius 3 is 1.18 bits per heavy atom. The topological polar surface area (TPSA) is 95.9 Å². The van der Waals surface area contributed by atoms with E-state index in [1.807, 2.05) is 6.08 Å². The summed E-state index contributed by atoms with van der Waals surface area (Å²) < 4.78 is 5.45. The minimum Gasteiger partial charge on any atom is -0.466 e. The van der Waals surface area contributed by atoms with Gasteiger partial charge >= 0.3 is 5.97 Å². The van der Waals surface area contributed by atoms with Gasteiger partial charge in [0.25, 0.3) is 0 Å². The molecular weight excluding hydrogens is 767 g/mol. The molecule has 366 valence electrons. The molecule has 1 amide bonds.